The van der Waals surface area contributed by atoms with Crippen LogP contribution < -0.4 is 9.62 Å². The molecule has 1 heterocycles. The molecule has 0 aliphatic rings. The van der Waals surface area contributed by atoms with Crippen LogP contribution in [0.1, 0.15) is 19.1 Å². The minimum Gasteiger partial charge on any atom is -0.467 e. The van der Waals surface area contributed by atoms with E-state index in [9.17, 15) is 13.2 Å². The van der Waals surface area contributed by atoms with Gasteiger partial charge in [0.25, 0.3) is 0 Å². The molecule has 0 saturated carbocycles. The molecule has 1 amide bonds. The van der Waals surface area contributed by atoms with Gasteiger partial charge in [0, 0.05) is 5.02 Å². The number of carbonyl (C=O) groups excluding carboxylic acids is 1. The number of nitrogens with one attached hydrogen (secondary N) is 1. The molecular weight excluding hydrogens is 352 g/mol. The fourth-order valence-electron chi connectivity index (χ4n) is 2.38. The Bertz CT molecular complexity index is 790. The van der Waals surface area contributed by atoms with Gasteiger partial charge in [0.2, 0.25) is 15.9 Å². The second kappa shape index (κ2) is 7.72. The maximum atomic E-state index is 12.5. The lowest BCUT2D eigenvalue weighted by molar-refractivity contribution is -0.122. The Morgan fingerprint density at radius 3 is 2.62 bits per heavy atom. The molecule has 0 radical (unpaired) electrons. The third-order valence-electron chi connectivity index (χ3n) is 3.41. The first-order valence-corrected chi connectivity index (χ1v) is 9.60. The van der Waals surface area contributed by atoms with Gasteiger partial charge in [-0.05, 0) is 36.8 Å². The van der Waals surface area contributed by atoms with Crippen molar-refractivity contribution in [2.24, 2.45) is 0 Å². The molecule has 0 unspecified atom stereocenters. The molecule has 130 valence electrons. The van der Waals surface area contributed by atoms with Crippen LogP contribution in [0.25, 0.3) is 0 Å². The first-order chi connectivity index (χ1) is 11.3. The minimum absolute atomic E-state index is 0.190. The van der Waals surface area contributed by atoms with E-state index in [0.717, 1.165) is 10.6 Å². The van der Waals surface area contributed by atoms with E-state index in [1.165, 1.54) is 12.3 Å². The third kappa shape index (κ3) is 4.52. The molecule has 24 heavy (non-hydrogen) atoms. The second-order valence-corrected chi connectivity index (χ2v) is 7.56. The van der Waals surface area contributed by atoms with Gasteiger partial charge >= 0.3 is 0 Å². The van der Waals surface area contributed by atoms with E-state index >= 15 is 0 Å². The molecule has 0 fully saturated rings. The molecule has 0 aliphatic carbocycles. The van der Waals surface area contributed by atoms with E-state index in [0.29, 0.717) is 22.9 Å². The number of hydrogen-bond donors (Lipinski definition) is 1. The zero-order valence-corrected chi connectivity index (χ0v) is 15.0. The van der Waals surface area contributed by atoms with Crippen LogP contribution in [0.5, 0.6) is 0 Å². The Hall–Kier alpha value is -1.99. The fourth-order valence-corrected chi connectivity index (χ4v) is 3.77. The molecule has 6 nitrogen and oxygen atoms in total. The van der Waals surface area contributed by atoms with Gasteiger partial charge in [-0.1, -0.05) is 24.6 Å². The Morgan fingerprint density at radius 1 is 1.33 bits per heavy atom. The summed E-state index contributed by atoms with van der Waals surface area (Å²) in [5.41, 5.74) is 0.352. The monoisotopic (exact) mass is 370 g/mol. The highest BCUT2D eigenvalue weighted by Crippen LogP contribution is 2.25. The molecule has 0 spiro atoms. The van der Waals surface area contributed by atoms with Crippen LogP contribution >= 0.6 is 11.6 Å². The van der Waals surface area contributed by atoms with E-state index in [1.54, 1.807) is 37.3 Å². The number of sulfonamides is 1. The van der Waals surface area contributed by atoms with Crippen molar-refractivity contribution in [2.45, 2.75) is 25.9 Å². The Labute approximate surface area is 146 Å². The van der Waals surface area contributed by atoms with Crippen molar-refractivity contribution in [3.8, 4) is 0 Å². The molecule has 1 aromatic carbocycles. The van der Waals surface area contributed by atoms with Crippen molar-refractivity contribution >= 4 is 33.2 Å². The number of halogens is 1. The fraction of sp³-hybridized carbons (Fsp3) is 0.312. The van der Waals surface area contributed by atoms with Crippen molar-refractivity contribution in [3.05, 3.63) is 53.4 Å². The Kier molecular flexibility index (Phi) is 5.90. The van der Waals surface area contributed by atoms with Crippen LogP contribution in [0.3, 0.4) is 0 Å². The number of carbonyl (C=O) groups is 1. The van der Waals surface area contributed by atoms with Crippen LogP contribution in [-0.4, -0.2) is 26.6 Å². The largest absolute Gasteiger partial charge is 0.467 e. The first kappa shape index (κ1) is 18.4. The quantitative estimate of drug-likeness (QED) is 0.812. The number of amides is 1. The molecule has 8 heteroatoms. The van der Waals surface area contributed by atoms with E-state index in [4.69, 9.17) is 16.0 Å². The summed E-state index contributed by atoms with van der Waals surface area (Å²) in [4.78, 5) is 12.5. The van der Waals surface area contributed by atoms with Crippen LogP contribution in [0.15, 0.2) is 47.1 Å². The van der Waals surface area contributed by atoms with Crippen molar-refractivity contribution in [1.82, 2.24) is 5.32 Å². The standard InChI is InChI=1S/C16H19ClN2O4S/c1-3-15(16(20)18-11-14-8-5-9-23-14)19(24(2,21)22)13-7-4-6-12(17)10-13/h4-10,15H,3,11H2,1-2H3,(H,18,20)/t15-/m0/s1. The lowest BCUT2D eigenvalue weighted by atomic mass is 10.2. The van der Waals surface area contributed by atoms with E-state index in [2.05, 4.69) is 5.32 Å². The summed E-state index contributed by atoms with van der Waals surface area (Å²) in [6.45, 7) is 1.94. The average molecular weight is 371 g/mol. The van der Waals surface area contributed by atoms with Gasteiger partial charge < -0.3 is 9.73 Å². The van der Waals surface area contributed by atoms with Gasteiger partial charge in [0.1, 0.15) is 11.8 Å². The number of rotatable bonds is 7. The number of furan rings is 1. The molecule has 2 aromatic rings. The summed E-state index contributed by atoms with van der Waals surface area (Å²) in [6.07, 6.45) is 2.88. The average Bonchev–Trinajstić information content (AvgIpc) is 3.02. The van der Waals surface area contributed by atoms with E-state index in [-0.39, 0.29) is 6.54 Å². The molecule has 0 aliphatic heterocycles. The Balaban J connectivity index is 2.27. The van der Waals surface area contributed by atoms with E-state index < -0.39 is 22.0 Å². The molecule has 2 rings (SSSR count). The molecule has 1 N–H and O–H groups in total. The zero-order chi connectivity index (χ0) is 17.7. The number of nitrogens with zero attached hydrogens (tertiary/aromatic N) is 1. The highest BCUT2D eigenvalue weighted by molar-refractivity contribution is 7.92. The lowest BCUT2D eigenvalue weighted by Crippen LogP contribution is -2.49. The van der Waals surface area contributed by atoms with Gasteiger partial charge in [0.05, 0.1) is 24.8 Å². The first-order valence-electron chi connectivity index (χ1n) is 7.38. The number of anilines is 1. The maximum absolute atomic E-state index is 12.5. The summed E-state index contributed by atoms with van der Waals surface area (Å²) >= 11 is 5.96. The third-order valence-corrected chi connectivity index (χ3v) is 4.82. The van der Waals surface area contributed by atoms with E-state index in [1.807, 2.05) is 0 Å². The van der Waals surface area contributed by atoms with Gasteiger partial charge in [-0.2, -0.15) is 0 Å². The van der Waals surface area contributed by atoms with Crippen LogP contribution in [0, 0.1) is 0 Å². The molecule has 0 bridgehead atoms. The highest BCUT2D eigenvalue weighted by atomic mass is 35.5. The van der Waals surface area contributed by atoms with Crippen molar-refractivity contribution < 1.29 is 17.6 Å². The summed E-state index contributed by atoms with van der Waals surface area (Å²) < 4.78 is 30.8. The minimum atomic E-state index is -3.67. The lowest BCUT2D eigenvalue weighted by Gasteiger charge is -2.30. The van der Waals surface area contributed by atoms with Crippen molar-refractivity contribution in [2.75, 3.05) is 10.6 Å². The summed E-state index contributed by atoms with van der Waals surface area (Å²) in [5, 5.41) is 3.10. The van der Waals surface area contributed by atoms with Crippen LogP contribution in [-0.2, 0) is 21.4 Å². The highest BCUT2D eigenvalue weighted by Gasteiger charge is 2.31. The molecular formula is C16H19ClN2O4S. The van der Waals surface area contributed by atoms with Crippen molar-refractivity contribution in [3.63, 3.8) is 0 Å². The molecule has 0 saturated heterocycles. The second-order valence-electron chi connectivity index (χ2n) is 5.26. The smallest absolute Gasteiger partial charge is 0.244 e. The molecule has 1 aromatic heterocycles. The van der Waals surface area contributed by atoms with Gasteiger partial charge in [0.15, 0.2) is 0 Å². The van der Waals surface area contributed by atoms with Gasteiger partial charge in [-0.25, -0.2) is 8.42 Å². The zero-order valence-electron chi connectivity index (χ0n) is 13.4. The molecule has 1 atom stereocenters. The summed E-state index contributed by atoms with van der Waals surface area (Å²) in [5.74, 6) is 0.186. The normalized spacial score (nSPS) is 12.6. The predicted octanol–water partition coefficient (Wildman–Crippen LogP) is 2.79. The predicted molar refractivity (Wildman–Crippen MR) is 93.4 cm³/mol. The number of hydrogen-bond acceptors (Lipinski definition) is 4. The van der Waals surface area contributed by atoms with Crippen LogP contribution in [0.2, 0.25) is 5.02 Å². The number of benzene rings is 1. The topological polar surface area (TPSA) is 79.6 Å². The summed E-state index contributed by atoms with van der Waals surface area (Å²) in [7, 11) is -3.67. The van der Waals surface area contributed by atoms with Crippen LogP contribution in [0.4, 0.5) is 5.69 Å². The van der Waals surface area contributed by atoms with Crippen molar-refractivity contribution in [1.29, 1.82) is 0 Å². The van der Waals surface area contributed by atoms with Gasteiger partial charge in [-0.3, -0.25) is 9.10 Å². The Morgan fingerprint density at radius 2 is 2.08 bits per heavy atom. The SMILES string of the molecule is CC[C@@H](C(=O)NCc1ccco1)N(c1cccc(Cl)c1)S(C)(=O)=O. The maximum Gasteiger partial charge on any atom is 0.244 e. The summed E-state index contributed by atoms with van der Waals surface area (Å²) in [6, 6.07) is 8.97. The van der Waals surface area contributed by atoms with Gasteiger partial charge in [-0.15, -0.1) is 0 Å².